The van der Waals surface area contributed by atoms with Gasteiger partial charge in [0, 0.05) is 24.3 Å². The van der Waals surface area contributed by atoms with Crippen molar-refractivity contribution in [1.29, 1.82) is 0 Å². The highest BCUT2D eigenvalue weighted by Gasteiger charge is 2.38. The molecular weight excluding hydrogens is 264 g/mol. The molecule has 1 aliphatic rings. The number of aryl methyl sites for hydroxylation is 1. The van der Waals surface area contributed by atoms with E-state index in [9.17, 15) is 9.90 Å². The van der Waals surface area contributed by atoms with Gasteiger partial charge in [0.05, 0.1) is 0 Å². The quantitative estimate of drug-likeness (QED) is 0.866. The number of benzene rings is 1. The van der Waals surface area contributed by atoms with Crippen LogP contribution in [0.4, 0.5) is 10.5 Å². The third-order valence-electron chi connectivity index (χ3n) is 4.27. The Morgan fingerprint density at radius 2 is 1.90 bits per heavy atom. The highest BCUT2D eigenvalue weighted by atomic mass is 16.4. The molecule has 0 aromatic heterocycles. The third-order valence-corrected chi connectivity index (χ3v) is 4.27. The number of nitrogens with one attached hydrogen (secondary N) is 1. The van der Waals surface area contributed by atoms with Crippen LogP contribution in [-0.2, 0) is 0 Å². The third kappa shape index (κ3) is 3.90. The van der Waals surface area contributed by atoms with Crippen LogP contribution in [0.1, 0.15) is 39.2 Å². The molecule has 0 aliphatic carbocycles. The maximum Gasteiger partial charge on any atom is 0.407 e. The molecule has 4 heteroatoms. The zero-order valence-corrected chi connectivity index (χ0v) is 13.4. The predicted molar refractivity (Wildman–Crippen MR) is 85.8 cm³/mol. The van der Waals surface area contributed by atoms with Gasteiger partial charge in [0.15, 0.2) is 0 Å². The van der Waals surface area contributed by atoms with E-state index in [0.717, 1.165) is 18.5 Å². The molecule has 0 saturated carbocycles. The van der Waals surface area contributed by atoms with Crippen molar-refractivity contribution >= 4 is 11.8 Å². The van der Waals surface area contributed by atoms with Crippen molar-refractivity contribution in [2.75, 3.05) is 11.9 Å². The van der Waals surface area contributed by atoms with Crippen LogP contribution >= 0.6 is 0 Å². The van der Waals surface area contributed by atoms with Gasteiger partial charge in [0.25, 0.3) is 0 Å². The lowest BCUT2D eigenvalue weighted by Gasteiger charge is -2.45. The molecule has 1 aliphatic heterocycles. The maximum atomic E-state index is 11.4. The summed E-state index contributed by atoms with van der Waals surface area (Å²) in [5, 5.41) is 12.9. The molecule has 4 nitrogen and oxygen atoms in total. The fourth-order valence-corrected chi connectivity index (χ4v) is 3.03. The molecule has 1 aromatic rings. The first-order valence-corrected chi connectivity index (χ1v) is 7.60. The first-order chi connectivity index (χ1) is 9.77. The summed E-state index contributed by atoms with van der Waals surface area (Å²) >= 11 is 0. The molecule has 1 heterocycles. The van der Waals surface area contributed by atoms with Gasteiger partial charge in [0.1, 0.15) is 0 Å². The van der Waals surface area contributed by atoms with Crippen molar-refractivity contribution in [3.8, 4) is 0 Å². The van der Waals surface area contributed by atoms with E-state index >= 15 is 0 Å². The van der Waals surface area contributed by atoms with Crippen LogP contribution in [-0.4, -0.2) is 34.7 Å². The lowest BCUT2D eigenvalue weighted by Crippen LogP contribution is -2.54. The van der Waals surface area contributed by atoms with Crippen molar-refractivity contribution in [3.63, 3.8) is 0 Å². The van der Waals surface area contributed by atoms with E-state index in [2.05, 4.69) is 57.3 Å². The Kier molecular flexibility index (Phi) is 4.45. The van der Waals surface area contributed by atoms with Crippen LogP contribution < -0.4 is 5.32 Å². The molecule has 21 heavy (non-hydrogen) atoms. The number of carboxylic acid groups (broad SMARTS) is 1. The van der Waals surface area contributed by atoms with Crippen LogP contribution in [0.15, 0.2) is 24.3 Å². The smallest absolute Gasteiger partial charge is 0.407 e. The van der Waals surface area contributed by atoms with Crippen molar-refractivity contribution in [2.45, 2.75) is 52.6 Å². The number of hydrogen-bond donors (Lipinski definition) is 2. The van der Waals surface area contributed by atoms with E-state index in [0.29, 0.717) is 12.6 Å². The Balaban J connectivity index is 2.07. The number of piperidine rings is 1. The SMILES string of the molecule is Cc1ccc(NC2CCN(C(=O)O)C(C(C)(C)C)C2)cc1. The maximum absolute atomic E-state index is 11.4. The monoisotopic (exact) mass is 290 g/mol. The molecule has 2 rings (SSSR count). The van der Waals surface area contributed by atoms with Gasteiger partial charge in [-0.15, -0.1) is 0 Å². The topological polar surface area (TPSA) is 52.6 Å². The second kappa shape index (κ2) is 5.96. The average Bonchev–Trinajstić information content (AvgIpc) is 2.40. The van der Waals surface area contributed by atoms with Crippen molar-refractivity contribution in [2.24, 2.45) is 5.41 Å². The zero-order chi connectivity index (χ0) is 15.6. The Hall–Kier alpha value is -1.71. The van der Waals surface area contributed by atoms with Gasteiger partial charge in [-0.2, -0.15) is 0 Å². The van der Waals surface area contributed by atoms with Gasteiger partial charge in [-0.3, -0.25) is 0 Å². The second-order valence-electron chi connectivity index (χ2n) is 7.09. The number of amides is 1. The summed E-state index contributed by atoms with van der Waals surface area (Å²) in [4.78, 5) is 13.0. The van der Waals surface area contributed by atoms with Crippen LogP contribution in [0.25, 0.3) is 0 Å². The highest BCUT2D eigenvalue weighted by Crippen LogP contribution is 2.33. The van der Waals surface area contributed by atoms with Crippen LogP contribution in [0.5, 0.6) is 0 Å². The number of hydrogen-bond acceptors (Lipinski definition) is 2. The van der Waals surface area contributed by atoms with E-state index < -0.39 is 6.09 Å². The van der Waals surface area contributed by atoms with E-state index in [1.165, 1.54) is 5.56 Å². The molecule has 2 unspecified atom stereocenters. The van der Waals surface area contributed by atoms with E-state index in [4.69, 9.17) is 0 Å². The summed E-state index contributed by atoms with van der Waals surface area (Å²) < 4.78 is 0. The van der Waals surface area contributed by atoms with Crippen LogP contribution in [0.2, 0.25) is 0 Å². The zero-order valence-electron chi connectivity index (χ0n) is 13.4. The van der Waals surface area contributed by atoms with E-state index in [-0.39, 0.29) is 11.5 Å². The molecule has 1 amide bonds. The van der Waals surface area contributed by atoms with Gasteiger partial charge >= 0.3 is 6.09 Å². The van der Waals surface area contributed by atoms with E-state index in [1.807, 2.05) is 0 Å². The standard InChI is InChI=1S/C17H26N2O2/c1-12-5-7-13(8-6-12)18-14-9-10-19(16(20)21)15(11-14)17(2,3)4/h5-8,14-15,18H,9-11H2,1-4H3,(H,20,21). The molecule has 116 valence electrons. The van der Waals surface area contributed by atoms with Crippen molar-refractivity contribution in [3.05, 3.63) is 29.8 Å². The van der Waals surface area contributed by atoms with Gasteiger partial charge in [-0.25, -0.2) is 4.79 Å². The first kappa shape index (κ1) is 15.7. The molecule has 2 N–H and O–H groups in total. The van der Waals surface area contributed by atoms with Crippen LogP contribution in [0, 0.1) is 12.3 Å². The first-order valence-electron chi connectivity index (χ1n) is 7.60. The minimum absolute atomic E-state index is 0.0479. The molecular formula is C17H26N2O2. The molecule has 1 saturated heterocycles. The lowest BCUT2D eigenvalue weighted by molar-refractivity contribution is 0.0557. The minimum atomic E-state index is -0.802. The summed E-state index contributed by atoms with van der Waals surface area (Å²) in [7, 11) is 0. The van der Waals surface area contributed by atoms with Crippen LogP contribution in [0.3, 0.4) is 0 Å². The summed E-state index contributed by atoms with van der Waals surface area (Å²) in [5.74, 6) is 0. The average molecular weight is 290 g/mol. The fraction of sp³-hybridized carbons (Fsp3) is 0.588. The fourth-order valence-electron chi connectivity index (χ4n) is 3.03. The second-order valence-corrected chi connectivity index (χ2v) is 7.09. The Morgan fingerprint density at radius 3 is 2.43 bits per heavy atom. The molecule has 0 bridgehead atoms. The number of likely N-dealkylation sites (tertiary alicyclic amines) is 1. The summed E-state index contributed by atoms with van der Waals surface area (Å²) in [6.45, 7) is 9.01. The Bertz CT molecular complexity index is 491. The van der Waals surface area contributed by atoms with Gasteiger partial charge < -0.3 is 15.3 Å². The number of anilines is 1. The summed E-state index contributed by atoms with van der Waals surface area (Å²) in [6.07, 6.45) is 0.903. The summed E-state index contributed by atoms with van der Waals surface area (Å²) in [6, 6.07) is 8.74. The molecule has 0 radical (unpaired) electrons. The highest BCUT2D eigenvalue weighted by molar-refractivity contribution is 5.65. The molecule has 2 atom stereocenters. The van der Waals surface area contributed by atoms with Crippen molar-refractivity contribution < 1.29 is 9.90 Å². The number of carbonyl (C=O) groups is 1. The summed E-state index contributed by atoms with van der Waals surface area (Å²) in [5.41, 5.74) is 2.31. The van der Waals surface area contributed by atoms with Gasteiger partial charge in [-0.05, 0) is 37.3 Å². The van der Waals surface area contributed by atoms with Crippen molar-refractivity contribution in [1.82, 2.24) is 4.90 Å². The van der Waals surface area contributed by atoms with Gasteiger partial charge in [-0.1, -0.05) is 38.5 Å². The normalized spacial score (nSPS) is 23.0. The Morgan fingerprint density at radius 1 is 1.29 bits per heavy atom. The predicted octanol–water partition coefficient (Wildman–Crippen LogP) is 3.96. The molecule has 1 fully saturated rings. The number of rotatable bonds is 2. The lowest BCUT2D eigenvalue weighted by atomic mass is 9.79. The van der Waals surface area contributed by atoms with E-state index in [1.54, 1.807) is 4.90 Å². The van der Waals surface area contributed by atoms with Gasteiger partial charge in [0.2, 0.25) is 0 Å². The largest absolute Gasteiger partial charge is 0.465 e. The minimum Gasteiger partial charge on any atom is -0.465 e. The Labute approximate surface area is 127 Å². The molecule has 0 spiro atoms. The number of nitrogens with zero attached hydrogens (tertiary/aromatic N) is 1. The molecule has 1 aromatic carbocycles.